The van der Waals surface area contributed by atoms with Crippen LogP contribution in [0.2, 0.25) is 0 Å². The van der Waals surface area contributed by atoms with E-state index >= 15 is 0 Å². The summed E-state index contributed by atoms with van der Waals surface area (Å²) in [6, 6.07) is 9.34. The van der Waals surface area contributed by atoms with Crippen molar-refractivity contribution in [2.24, 2.45) is 0 Å². The molecule has 1 aromatic rings. The van der Waals surface area contributed by atoms with Gasteiger partial charge in [-0.2, -0.15) is 0 Å². The van der Waals surface area contributed by atoms with Crippen LogP contribution in [0.25, 0.3) is 0 Å². The van der Waals surface area contributed by atoms with Crippen LogP contribution in [-0.2, 0) is 14.3 Å². The molecule has 9 heteroatoms. The summed E-state index contributed by atoms with van der Waals surface area (Å²) in [4.78, 5) is 27.3. The van der Waals surface area contributed by atoms with Crippen LogP contribution in [0.15, 0.2) is 30.3 Å². The van der Waals surface area contributed by atoms with Gasteiger partial charge < -0.3 is 29.9 Å². The van der Waals surface area contributed by atoms with Crippen molar-refractivity contribution in [2.45, 2.75) is 37.7 Å². The van der Waals surface area contributed by atoms with Crippen molar-refractivity contribution < 1.29 is 29.3 Å². The number of rotatable bonds is 8. The number of hydrogen-bond donors (Lipinski definition) is 3. The van der Waals surface area contributed by atoms with Gasteiger partial charge in [0, 0.05) is 12.2 Å². The van der Waals surface area contributed by atoms with Gasteiger partial charge in [0.2, 0.25) is 0 Å². The summed E-state index contributed by atoms with van der Waals surface area (Å²) in [5.74, 6) is -0.140. The van der Waals surface area contributed by atoms with E-state index in [-0.39, 0.29) is 30.8 Å². The number of nitrogens with zero attached hydrogens (tertiary/aromatic N) is 2. The van der Waals surface area contributed by atoms with Gasteiger partial charge in [-0.05, 0) is 26.0 Å². The molecule has 0 spiro atoms. The Morgan fingerprint density at radius 3 is 2.28 bits per heavy atom. The minimum atomic E-state index is -0.766. The number of aliphatic hydroxyl groups is 2. The molecule has 3 atom stereocenters. The van der Waals surface area contributed by atoms with Crippen LogP contribution in [0.5, 0.6) is 0 Å². The largest absolute Gasteiger partial charge is 0.394 e. The molecule has 3 aliphatic heterocycles. The molecule has 0 aliphatic carbocycles. The van der Waals surface area contributed by atoms with Crippen LogP contribution in [0.3, 0.4) is 0 Å². The van der Waals surface area contributed by atoms with E-state index in [0.717, 1.165) is 5.69 Å². The van der Waals surface area contributed by atoms with Crippen LogP contribution < -0.4 is 5.32 Å². The Morgan fingerprint density at radius 1 is 1.14 bits per heavy atom. The van der Waals surface area contributed by atoms with Gasteiger partial charge in [0.25, 0.3) is 5.91 Å². The summed E-state index contributed by atoms with van der Waals surface area (Å²) in [5, 5.41) is 20.5. The molecule has 9 nitrogen and oxygen atoms in total. The fourth-order valence-electron chi connectivity index (χ4n) is 3.00. The number of aliphatic hydroxyl groups excluding tert-OH is 2. The van der Waals surface area contributed by atoms with E-state index in [9.17, 15) is 9.59 Å². The Morgan fingerprint density at radius 2 is 1.72 bits per heavy atom. The van der Waals surface area contributed by atoms with Crippen molar-refractivity contribution in [1.29, 1.82) is 0 Å². The molecule has 0 radical (unpaired) electrons. The average molecular weight is 407 g/mol. The number of epoxide rings is 2. The Kier molecular flexibility index (Phi) is 6.74. The molecule has 3 unspecified atom stereocenters. The highest BCUT2D eigenvalue weighted by atomic mass is 16.6. The number of para-hydroxylation sites is 1. The lowest BCUT2D eigenvalue weighted by molar-refractivity contribution is -0.132. The Bertz CT molecular complexity index is 705. The second kappa shape index (κ2) is 9.08. The lowest BCUT2D eigenvalue weighted by atomic mass is 10.0. The molecule has 3 aliphatic rings. The van der Waals surface area contributed by atoms with Crippen LogP contribution in [0, 0.1) is 0 Å². The van der Waals surface area contributed by atoms with Gasteiger partial charge in [-0.3, -0.25) is 9.69 Å². The van der Waals surface area contributed by atoms with Crippen LogP contribution in [0.4, 0.5) is 10.5 Å². The molecular formula is C20H29N3O6. The number of ether oxygens (including phenoxy) is 2. The monoisotopic (exact) mass is 407 g/mol. The van der Waals surface area contributed by atoms with E-state index in [1.807, 2.05) is 30.3 Å². The van der Waals surface area contributed by atoms with Crippen molar-refractivity contribution in [3.8, 4) is 0 Å². The summed E-state index contributed by atoms with van der Waals surface area (Å²) in [7, 11) is 0. The molecule has 3 N–H and O–H groups in total. The number of nitrogens with one attached hydrogen (secondary N) is 1. The maximum atomic E-state index is 12.2. The molecule has 3 saturated heterocycles. The van der Waals surface area contributed by atoms with Crippen molar-refractivity contribution in [1.82, 2.24) is 9.80 Å². The minimum absolute atomic E-state index is 0.0378. The topological polar surface area (TPSA) is 118 Å². The molecule has 3 heterocycles. The second-order valence-electron chi connectivity index (χ2n) is 7.86. The first-order chi connectivity index (χ1) is 13.8. The molecule has 3 fully saturated rings. The minimum Gasteiger partial charge on any atom is -0.394 e. The highest BCUT2D eigenvalue weighted by molar-refractivity contribution is 6.06. The van der Waals surface area contributed by atoms with E-state index in [2.05, 4.69) is 5.32 Å². The van der Waals surface area contributed by atoms with Gasteiger partial charge in [-0.15, -0.1) is 0 Å². The van der Waals surface area contributed by atoms with Crippen LogP contribution >= 0.6 is 0 Å². The fourth-order valence-corrected chi connectivity index (χ4v) is 3.00. The highest BCUT2D eigenvalue weighted by Crippen LogP contribution is 2.30. The van der Waals surface area contributed by atoms with E-state index < -0.39 is 11.6 Å². The zero-order chi connectivity index (χ0) is 21.0. The molecule has 0 saturated carbocycles. The molecular weight excluding hydrogens is 378 g/mol. The quantitative estimate of drug-likeness (QED) is 0.418. The number of carbonyl (C=O) groups is 2. The van der Waals surface area contributed by atoms with Gasteiger partial charge in [0.05, 0.1) is 51.2 Å². The maximum absolute atomic E-state index is 12.2. The predicted octanol–water partition coefficient (Wildman–Crippen LogP) is 0.279. The summed E-state index contributed by atoms with van der Waals surface area (Å²) >= 11 is 0. The summed E-state index contributed by atoms with van der Waals surface area (Å²) < 4.78 is 10.2. The average Bonchev–Trinajstić information content (AvgIpc) is 3.63. The third-order valence-electron chi connectivity index (χ3n) is 5.01. The predicted molar refractivity (Wildman–Crippen MR) is 105 cm³/mol. The zero-order valence-electron chi connectivity index (χ0n) is 16.8. The molecule has 0 bridgehead atoms. The maximum Gasteiger partial charge on any atom is 0.327 e. The number of urea groups is 1. The van der Waals surface area contributed by atoms with Gasteiger partial charge in [-0.1, -0.05) is 18.2 Å². The van der Waals surface area contributed by atoms with E-state index in [0.29, 0.717) is 32.8 Å². The molecule has 0 aromatic heterocycles. The van der Waals surface area contributed by atoms with E-state index in [4.69, 9.17) is 19.7 Å². The fraction of sp³-hybridized carbons (Fsp3) is 0.600. The molecule has 29 heavy (non-hydrogen) atoms. The first-order valence-electron chi connectivity index (χ1n) is 9.77. The number of anilines is 1. The smallest absolute Gasteiger partial charge is 0.327 e. The van der Waals surface area contributed by atoms with Crippen molar-refractivity contribution >= 4 is 17.6 Å². The van der Waals surface area contributed by atoms with Crippen molar-refractivity contribution in [3.05, 3.63) is 30.3 Å². The van der Waals surface area contributed by atoms with Crippen molar-refractivity contribution in [2.75, 3.05) is 44.8 Å². The van der Waals surface area contributed by atoms with Gasteiger partial charge in [0.1, 0.15) is 5.54 Å². The number of imide groups is 1. The molecule has 3 amide bonds. The number of amides is 3. The SMILES string of the molecule is CC1(C)C(=O)N(CC2CO2)C(=O)N1CC1CO1.OCC(O)CNc1ccccc1. The van der Waals surface area contributed by atoms with E-state index in [1.165, 1.54) is 4.90 Å². The number of carbonyl (C=O) groups excluding carboxylic acids is 2. The first kappa shape index (κ1) is 21.5. The molecule has 4 rings (SSSR count). The third-order valence-corrected chi connectivity index (χ3v) is 5.01. The lowest BCUT2D eigenvalue weighted by Gasteiger charge is -2.26. The van der Waals surface area contributed by atoms with Crippen molar-refractivity contribution in [3.63, 3.8) is 0 Å². The Balaban J connectivity index is 0.000000177. The summed E-state index contributed by atoms with van der Waals surface area (Å²) in [6.45, 7) is 5.93. The van der Waals surface area contributed by atoms with Crippen LogP contribution in [0.1, 0.15) is 13.8 Å². The zero-order valence-corrected chi connectivity index (χ0v) is 16.8. The van der Waals surface area contributed by atoms with Gasteiger partial charge >= 0.3 is 6.03 Å². The van der Waals surface area contributed by atoms with E-state index in [1.54, 1.807) is 18.7 Å². The van der Waals surface area contributed by atoms with Crippen LogP contribution in [-0.4, -0.2) is 95.3 Å². The first-order valence-corrected chi connectivity index (χ1v) is 9.77. The highest BCUT2D eigenvalue weighted by Gasteiger charge is 2.53. The molecule has 160 valence electrons. The van der Waals surface area contributed by atoms with Gasteiger partial charge in [0.15, 0.2) is 0 Å². The normalized spacial score (nSPS) is 25.4. The summed E-state index contributed by atoms with van der Waals surface area (Å²) in [6.07, 6.45) is -0.552. The lowest BCUT2D eigenvalue weighted by Crippen LogP contribution is -2.45. The Labute approximate surface area is 170 Å². The van der Waals surface area contributed by atoms with Gasteiger partial charge in [-0.25, -0.2) is 4.79 Å². The number of benzene rings is 1. The summed E-state index contributed by atoms with van der Waals surface area (Å²) in [5.41, 5.74) is 0.183. The second-order valence-corrected chi connectivity index (χ2v) is 7.86. The number of hydrogen-bond acceptors (Lipinski definition) is 7. The Hall–Kier alpha value is -2.20. The third kappa shape index (κ3) is 5.66. The standard InChI is InChI=1S/C11H16N2O4.C9H13NO2/c1-11(2)9(14)12(3-7-5-16-7)10(15)13(11)4-8-6-17-8;11-7-9(12)6-10-8-4-2-1-3-5-8/h7-8H,3-6H2,1-2H3;1-5,9-12H,6-7H2. The molecule has 1 aromatic carbocycles.